The number of carbonyl (C=O) groups is 1. The molecule has 0 heterocycles. The maximum atomic E-state index is 11.4. The lowest BCUT2D eigenvalue weighted by Crippen LogP contribution is -2.10. The van der Waals surface area contributed by atoms with Crippen LogP contribution in [0.5, 0.6) is 0 Å². The fourth-order valence-electron chi connectivity index (χ4n) is 1.85. The van der Waals surface area contributed by atoms with Crippen LogP contribution in [0.3, 0.4) is 0 Å². The Balaban J connectivity index is 2.97. The van der Waals surface area contributed by atoms with E-state index in [1.807, 2.05) is 27.1 Å². The maximum Gasteiger partial charge on any atom is 0.331 e. The van der Waals surface area contributed by atoms with Crippen LogP contribution in [0.25, 0.3) is 5.57 Å². The molecule has 0 saturated heterocycles. The highest BCUT2D eigenvalue weighted by Crippen LogP contribution is 2.23. The van der Waals surface area contributed by atoms with Gasteiger partial charge in [-0.25, -0.2) is 4.79 Å². The molecule has 0 N–H and O–H groups in total. The number of aryl methyl sites for hydroxylation is 1. The lowest BCUT2D eigenvalue weighted by Gasteiger charge is -2.16. The molecule has 0 aliphatic carbocycles. The van der Waals surface area contributed by atoms with Gasteiger partial charge in [-0.15, -0.1) is 0 Å². The summed E-state index contributed by atoms with van der Waals surface area (Å²) in [6, 6.07) is 6.17. The summed E-state index contributed by atoms with van der Waals surface area (Å²) in [6.45, 7) is 6.19. The normalized spacial score (nSPS) is 11.3. The van der Waals surface area contributed by atoms with Crippen LogP contribution in [0.4, 0.5) is 5.69 Å². The predicted octanol–water partition coefficient (Wildman–Crippen LogP) is 3.03. The van der Waals surface area contributed by atoms with Crippen molar-refractivity contribution in [3.63, 3.8) is 0 Å². The van der Waals surface area contributed by atoms with Crippen molar-refractivity contribution in [1.82, 2.24) is 0 Å². The molecule has 0 spiro atoms. The zero-order valence-corrected chi connectivity index (χ0v) is 11.8. The summed E-state index contributed by atoms with van der Waals surface area (Å²) in [5, 5.41) is 0. The van der Waals surface area contributed by atoms with Crippen molar-refractivity contribution < 1.29 is 9.53 Å². The third-order valence-electron chi connectivity index (χ3n) is 2.75. The maximum absolute atomic E-state index is 11.4. The summed E-state index contributed by atoms with van der Waals surface area (Å²) in [5.74, 6) is -0.288. The van der Waals surface area contributed by atoms with Crippen molar-refractivity contribution in [3.05, 3.63) is 35.4 Å². The molecular weight excluding hydrogens is 226 g/mol. The number of hydrogen-bond acceptors (Lipinski definition) is 3. The summed E-state index contributed by atoms with van der Waals surface area (Å²) in [7, 11) is 4.03. The van der Waals surface area contributed by atoms with Crippen molar-refractivity contribution >= 4 is 17.2 Å². The molecule has 0 saturated carbocycles. The minimum atomic E-state index is -0.288. The van der Waals surface area contributed by atoms with E-state index in [2.05, 4.69) is 24.0 Å². The van der Waals surface area contributed by atoms with Crippen LogP contribution in [-0.2, 0) is 9.53 Å². The van der Waals surface area contributed by atoms with Gasteiger partial charge in [-0.05, 0) is 49.6 Å². The standard InChI is InChI=1S/C15H21NO2/c1-6-18-15(17)10-11(2)13-7-8-14(16(4)5)12(3)9-13/h7-10H,6H2,1-5H3. The molecule has 0 aromatic heterocycles. The van der Waals surface area contributed by atoms with Gasteiger partial charge < -0.3 is 9.64 Å². The Bertz CT molecular complexity index is 462. The highest BCUT2D eigenvalue weighted by atomic mass is 16.5. The molecule has 0 aliphatic heterocycles. The van der Waals surface area contributed by atoms with Crippen molar-refractivity contribution in [1.29, 1.82) is 0 Å². The molecule has 0 atom stereocenters. The van der Waals surface area contributed by atoms with E-state index in [9.17, 15) is 4.79 Å². The minimum absolute atomic E-state index is 0.288. The second kappa shape index (κ2) is 6.24. The van der Waals surface area contributed by atoms with Gasteiger partial charge in [-0.1, -0.05) is 6.07 Å². The summed E-state index contributed by atoms with van der Waals surface area (Å²) in [4.78, 5) is 13.5. The highest BCUT2D eigenvalue weighted by Gasteiger charge is 2.05. The minimum Gasteiger partial charge on any atom is -0.463 e. The van der Waals surface area contributed by atoms with E-state index in [0.717, 1.165) is 11.1 Å². The number of hydrogen-bond donors (Lipinski definition) is 0. The van der Waals surface area contributed by atoms with Crippen LogP contribution in [-0.4, -0.2) is 26.7 Å². The van der Waals surface area contributed by atoms with Gasteiger partial charge >= 0.3 is 5.97 Å². The second-order valence-corrected chi connectivity index (χ2v) is 4.48. The van der Waals surface area contributed by atoms with Crippen LogP contribution >= 0.6 is 0 Å². The van der Waals surface area contributed by atoms with Crippen molar-refractivity contribution in [2.24, 2.45) is 0 Å². The summed E-state index contributed by atoms with van der Waals surface area (Å²) in [5.41, 5.74) is 4.34. The van der Waals surface area contributed by atoms with E-state index in [1.165, 1.54) is 17.3 Å². The quantitative estimate of drug-likeness (QED) is 0.605. The zero-order chi connectivity index (χ0) is 13.7. The van der Waals surface area contributed by atoms with Crippen molar-refractivity contribution in [2.45, 2.75) is 20.8 Å². The van der Waals surface area contributed by atoms with Crippen LogP contribution in [0, 0.1) is 6.92 Å². The third-order valence-corrected chi connectivity index (χ3v) is 2.75. The van der Waals surface area contributed by atoms with Gasteiger partial charge in [0.05, 0.1) is 6.61 Å². The average Bonchev–Trinajstić information content (AvgIpc) is 2.28. The molecule has 98 valence electrons. The third kappa shape index (κ3) is 3.62. The van der Waals surface area contributed by atoms with Gasteiger partial charge in [0.25, 0.3) is 0 Å². The Morgan fingerprint density at radius 3 is 2.56 bits per heavy atom. The van der Waals surface area contributed by atoms with Gasteiger partial charge in [0, 0.05) is 25.9 Å². The second-order valence-electron chi connectivity index (χ2n) is 4.48. The van der Waals surface area contributed by atoms with Crippen LogP contribution < -0.4 is 4.90 Å². The molecule has 3 heteroatoms. The van der Waals surface area contributed by atoms with Crippen LogP contribution in [0.1, 0.15) is 25.0 Å². The molecule has 0 radical (unpaired) electrons. The Hall–Kier alpha value is -1.77. The summed E-state index contributed by atoms with van der Waals surface area (Å²) in [6.07, 6.45) is 1.54. The first-order valence-corrected chi connectivity index (χ1v) is 6.09. The molecule has 0 unspecified atom stereocenters. The fourth-order valence-corrected chi connectivity index (χ4v) is 1.85. The Morgan fingerprint density at radius 1 is 1.39 bits per heavy atom. The zero-order valence-electron chi connectivity index (χ0n) is 11.8. The molecule has 1 aromatic rings. The molecule has 1 rings (SSSR count). The van der Waals surface area contributed by atoms with Gasteiger partial charge in [0.15, 0.2) is 0 Å². The number of esters is 1. The van der Waals surface area contributed by atoms with Crippen LogP contribution in [0.15, 0.2) is 24.3 Å². The Labute approximate surface area is 109 Å². The van der Waals surface area contributed by atoms with Gasteiger partial charge in [0.1, 0.15) is 0 Å². The van der Waals surface area contributed by atoms with Crippen molar-refractivity contribution in [3.8, 4) is 0 Å². The van der Waals surface area contributed by atoms with E-state index in [4.69, 9.17) is 4.74 Å². The Morgan fingerprint density at radius 2 is 2.06 bits per heavy atom. The predicted molar refractivity (Wildman–Crippen MR) is 75.8 cm³/mol. The largest absolute Gasteiger partial charge is 0.463 e. The summed E-state index contributed by atoms with van der Waals surface area (Å²) >= 11 is 0. The van der Waals surface area contributed by atoms with Gasteiger partial charge in [-0.2, -0.15) is 0 Å². The van der Waals surface area contributed by atoms with E-state index in [1.54, 1.807) is 6.92 Å². The van der Waals surface area contributed by atoms with E-state index < -0.39 is 0 Å². The first-order chi connectivity index (χ1) is 8.45. The van der Waals surface area contributed by atoms with Crippen LogP contribution in [0.2, 0.25) is 0 Å². The lowest BCUT2D eigenvalue weighted by molar-refractivity contribution is -0.137. The first kappa shape index (κ1) is 14.3. The van der Waals surface area contributed by atoms with E-state index in [0.29, 0.717) is 6.61 Å². The molecule has 3 nitrogen and oxygen atoms in total. The number of nitrogens with zero attached hydrogens (tertiary/aromatic N) is 1. The monoisotopic (exact) mass is 247 g/mol. The molecular formula is C15H21NO2. The molecule has 0 amide bonds. The number of ether oxygens (including phenoxy) is 1. The number of rotatable bonds is 4. The van der Waals surface area contributed by atoms with E-state index >= 15 is 0 Å². The number of carbonyl (C=O) groups excluding carboxylic acids is 1. The molecule has 1 aromatic carbocycles. The summed E-state index contributed by atoms with van der Waals surface area (Å²) < 4.78 is 4.90. The lowest BCUT2D eigenvalue weighted by atomic mass is 10.0. The molecule has 18 heavy (non-hydrogen) atoms. The smallest absolute Gasteiger partial charge is 0.331 e. The van der Waals surface area contributed by atoms with Crippen molar-refractivity contribution in [2.75, 3.05) is 25.6 Å². The first-order valence-electron chi connectivity index (χ1n) is 6.09. The molecule has 0 bridgehead atoms. The Kier molecular flexibility index (Phi) is 4.95. The number of allylic oxidation sites excluding steroid dienone is 1. The SMILES string of the molecule is CCOC(=O)C=C(C)c1ccc(N(C)C)c(C)c1. The van der Waals surface area contributed by atoms with Gasteiger partial charge in [0.2, 0.25) is 0 Å². The van der Waals surface area contributed by atoms with Gasteiger partial charge in [-0.3, -0.25) is 0 Å². The highest BCUT2D eigenvalue weighted by molar-refractivity contribution is 5.91. The number of benzene rings is 1. The van der Waals surface area contributed by atoms with E-state index in [-0.39, 0.29) is 5.97 Å². The fraction of sp³-hybridized carbons (Fsp3) is 0.400. The molecule has 0 fully saturated rings. The average molecular weight is 247 g/mol. The molecule has 0 aliphatic rings. The number of anilines is 1. The topological polar surface area (TPSA) is 29.5 Å².